The van der Waals surface area contributed by atoms with Gasteiger partial charge in [-0.2, -0.15) is 5.26 Å². The molecule has 0 saturated heterocycles. The second-order valence-electron chi connectivity index (χ2n) is 6.52. The highest BCUT2D eigenvalue weighted by molar-refractivity contribution is 6.06. The van der Waals surface area contributed by atoms with Crippen LogP contribution in [0.2, 0.25) is 0 Å². The van der Waals surface area contributed by atoms with E-state index in [1.165, 1.54) is 6.07 Å². The fourth-order valence-electron chi connectivity index (χ4n) is 3.69. The number of benzene rings is 2. The first-order valence-corrected chi connectivity index (χ1v) is 8.42. The van der Waals surface area contributed by atoms with Gasteiger partial charge >= 0.3 is 0 Å². The Balaban J connectivity index is 2.13. The summed E-state index contributed by atoms with van der Waals surface area (Å²) in [5, 5.41) is 12.8. The molecule has 136 valence electrons. The molecule has 4 nitrogen and oxygen atoms in total. The van der Waals surface area contributed by atoms with E-state index in [1.54, 1.807) is 13.0 Å². The van der Waals surface area contributed by atoms with Crippen LogP contribution in [0.4, 0.5) is 13.2 Å². The van der Waals surface area contributed by atoms with Gasteiger partial charge in [0.15, 0.2) is 17.5 Å². The Morgan fingerprint density at radius 2 is 1.85 bits per heavy atom. The van der Waals surface area contributed by atoms with Crippen molar-refractivity contribution in [3.63, 3.8) is 0 Å². The molecule has 27 heavy (non-hydrogen) atoms. The van der Waals surface area contributed by atoms with Crippen molar-refractivity contribution in [2.75, 3.05) is 6.54 Å². The molecular weight excluding hydrogens is 355 g/mol. The summed E-state index contributed by atoms with van der Waals surface area (Å²) in [4.78, 5) is 12.5. The van der Waals surface area contributed by atoms with E-state index in [9.17, 15) is 23.2 Å². The Kier molecular flexibility index (Phi) is 3.92. The zero-order valence-electron chi connectivity index (χ0n) is 14.4. The third kappa shape index (κ3) is 2.56. The molecule has 0 aliphatic carbocycles. The largest absolute Gasteiger partial charge is 0.351 e. The SMILES string of the molecule is Cc1c2n(c3c(-c4cc(F)c(F)c(F)c4)cc(C#N)cc13)CCCNC2=O. The highest BCUT2D eigenvalue weighted by atomic mass is 19.2. The van der Waals surface area contributed by atoms with Crippen LogP contribution in [-0.4, -0.2) is 17.0 Å². The average Bonchev–Trinajstić information content (AvgIpc) is 2.80. The Hall–Kier alpha value is -3.27. The number of rotatable bonds is 1. The van der Waals surface area contributed by atoms with Crippen molar-refractivity contribution < 1.29 is 18.0 Å². The van der Waals surface area contributed by atoms with Crippen LogP contribution < -0.4 is 5.32 Å². The molecule has 0 radical (unpaired) electrons. The van der Waals surface area contributed by atoms with Gasteiger partial charge in [-0.3, -0.25) is 4.79 Å². The van der Waals surface area contributed by atoms with E-state index in [0.717, 1.165) is 12.1 Å². The van der Waals surface area contributed by atoms with Crippen LogP contribution in [0.15, 0.2) is 24.3 Å². The maximum atomic E-state index is 13.8. The quantitative estimate of drug-likeness (QED) is 0.658. The molecule has 0 spiro atoms. The number of amides is 1. The third-order valence-corrected chi connectivity index (χ3v) is 4.89. The van der Waals surface area contributed by atoms with Crippen LogP contribution in [0.3, 0.4) is 0 Å². The minimum atomic E-state index is -1.55. The van der Waals surface area contributed by atoms with Crippen molar-refractivity contribution >= 4 is 16.8 Å². The molecule has 2 aromatic carbocycles. The number of fused-ring (bicyclic) bond motifs is 3. The maximum absolute atomic E-state index is 13.8. The molecule has 0 fully saturated rings. The van der Waals surface area contributed by atoms with Crippen LogP contribution in [0, 0.1) is 35.7 Å². The van der Waals surface area contributed by atoms with Crippen LogP contribution in [0.1, 0.15) is 28.0 Å². The number of aromatic nitrogens is 1. The van der Waals surface area contributed by atoms with Gasteiger partial charge in [0.2, 0.25) is 0 Å². The highest BCUT2D eigenvalue weighted by Crippen LogP contribution is 2.37. The lowest BCUT2D eigenvalue weighted by Gasteiger charge is -2.11. The maximum Gasteiger partial charge on any atom is 0.268 e. The van der Waals surface area contributed by atoms with Crippen LogP contribution in [0.25, 0.3) is 22.0 Å². The van der Waals surface area contributed by atoms with Gasteiger partial charge in [-0.1, -0.05) is 0 Å². The topological polar surface area (TPSA) is 57.8 Å². The summed E-state index contributed by atoms with van der Waals surface area (Å²) < 4.78 is 42.9. The molecule has 0 bridgehead atoms. The van der Waals surface area contributed by atoms with E-state index in [-0.39, 0.29) is 17.0 Å². The monoisotopic (exact) mass is 369 g/mol. The van der Waals surface area contributed by atoms with Crippen molar-refractivity contribution in [1.82, 2.24) is 9.88 Å². The van der Waals surface area contributed by atoms with Crippen molar-refractivity contribution in [3.8, 4) is 17.2 Å². The van der Waals surface area contributed by atoms with Crippen molar-refractivity contribution in [1.29, 1.82) is 5.26 Å². The number of nitrogens with zero attached hydrogens (tertiary/aromatic N) is 2. The average molecular weight is 369 g/mol. The fourth-order valence-corrected chi connectivity index (χ4v) is 3.69. The second-order valence-corrected chi connectivity index (χ2v) is 6.52. The number of aryl methyl sites for hydroxylation is 2. The minimum absolute atomic E-state index is 0.110. The number of hydrogen-bond acceptors (Lipinski definition) is 2. The molecule has 1 aliphatic rings. The van der Waals surface area contributed by atoms with Gasteiger partial charge in [-0.25, -0.2) is 13.2 Å². The lowest BCUT2D eigenvalue weighted by Crippen LogP contribution is -2.23. The molecule has 1 aliphatic heterocycles. The Morgan fingerprint density at radius 3 is 2.52 bits per heavy atom. The second kappa shape index (κ2) is 6.16. The smallest absolute Gasteiger partial charge is 0.268 e. The van der Waals surface area contributed by atoms with E-state index >= 15 is 0 Å². The Labute approximate surface area is 152 Å². The molecule has 0 unspecified atom stereocenters. The summed E-state index contributed by atoms with van der Waals surface area (Å²) >= 11 is 0. The van der Waals surface area contributed by atoms with Crippen LogP contribution >= 0.6 is 0 Å². The molecular formula is C20H14F3N3O. The van der Waals surface area contributed by atoms with Crippen LogP contribution in [0.5, 0.6) is 0 Å². The number of nitrogens with one attached hydrogen (secondary N) is 1. The lowest BCUT2D eigenvalue weighted by molar-refractivity contribution is 0.0951. The van der Waals surface area contributed by atoms with E-state index in [0.29, 0.717) is 47.2 Å². The summed E-state index contributed by atoms with van der Waals surface area (Å²) in [5.41, 5.74) is 2.52. The van der Waals surface area contributed by atoms with Gasteiger partial charge in [0.1, 0.15) is 5.69 Å². The first-order valence-electron chi connectivity index (χ1n) is 8.42. The standard InChI is InChI=1S/C20H14F3N3O/c1-10-13-5-11(9-24)6-14(12-7-15(21)17(23)16(22)8-12)19(13)26-4-2-3-25-20(27)18(10)26/h5-8H,2-4H2,1H3,(H,25,27). The van der Waals surface area contributed by atoms with Crippen LogP contribution in [-0.2, 0) is 6.54 Å². The molecule has 0 atom stereocenters. The normalized spacial score (nSPS) is 13.8. The highest BCUT2D eigenvalue weighted by Gasteiger charge is 2.25. The molecule has 1 aromatic heterocycles. The van der Waals surface area contributed by atoms with E-state index in [4.69, 9.17) is 0 Å². The molecule has 1 N–H and O–H groups in total. The van der Waals surface area contributed by atoms with Gasteiger partial charge in [0.05, 0.1) is 17.1 Å². The Morgan fingerprint density at radius 1 is 1.15 bits per heavy atom. The predicted molar refractivity (Wildman–Crippen MR) is 93.7 cm³/mol. The van der Waals surface area contributed by atoms with Gasteiger partial charge in [-0.15, -0.1) is 0 Å². The van der Waals surface area contributed by atoms with Crippen molar-refractivity contribution in [2.24, 2.45) is 0 Å². The van der Waals surface area contributed by atoms with Gasteiger partial charge in [-0.05, 0) is 48.7 Å². The zero-order chi connectivity index (χ0) is 19.3. The summed E-state index contributed by atoms with van der Waals surface area (Å²) in [7, 11) is 0. The predicted octanol–water partition coefficient (Wildman–Crippen LogP) is 4.04. The third-order valence-electron chi connectivity index (χ3n) is 4.89. The number of halogens is 3. The summed E-state index contributed by atoms with van der Waals surface area (Å²) in [6, 6.07) is 6.99. The summed E-state index contributed by atoms with van der Waals surface area (Å²) in [5.74, 6) is -4.40. The molecule has 0 saturated carbocycles. The van der Waals surface area contributed by atoms with E-state index in [2.05, 4.69) is 5.32 Å². The zero-order valence-corrected chi connectivity index (χ0v) is 14.4. The molecule has 3 aromatic rings. The number of carbonyl (C=O) groups excluding carboxylic acids is 1. The lowest BCUT2D eigenvalue weighted by atomic mass is 9.98. The number of carbonyl (C=O) groups is 1. The fraction of sp³-hybridized carbons (Fsp3) is 0.200. The van der Waals surface area contributed by atoms with Crippen molar-refractivity contribution in [2.45, 2.75) is 19.9 Å². The number of hydrogen-bond donors (Lipinski definition) is 1. The van der Waals surface area contributed by atoms with Gasteiger partial charge in [0.25, 0.3) is 5.91 Å². The van der Waals surface area contributed by atoms with E-state index < -0.39 is 17.5 Å². The van der Waals surface area contributed by atoms with Crippen molar-refractivity contribution in [3.05, 3.63) is 58.5 Å². The minimum Gasteiger partial charge on any atom is -0.351 e. The van der Waals surface area contributed by atoms with Gasteiger partial charge in [0, 0.05) is 24.0 Å². The molecule has 7 heteroatoms. The molecule has 2 heterocycles. The Bertz CT molecular complexity index is 1130. The summed E-state index contributed by atoms with van der Waals surface area (Å²) in [6.07, 6.45) is 0.688. The summed E-state index contributed by atoms with van der Waals surface area (Å²) in [6.45, 7) is 2.83. The molecule has 4 rings (SSSR count). The van der Waals surface area contributed by atoms with Gasteiger partial charge < -0.3 is 9.88 Å². The number of nitriles is 1. The first-order chi connectivity index (χ1) is 12.9. The van der Waals surface area contributed by atoms with E-state index in [1.807, 2.05) is 10.6 Å². The first kappa shape index (κ1) is 17.2. The molecule has 1 amide bonds.